The first kappa shape index (κ1) is 20.4. The van der Waals surface area contributed by atoms with Crippen LogP contribution in [0.5, 0.6) is 0 Å². The van der Waals surface area contributed by atoms with Crippen LogP contribution in [0, 0.1) is 40.4 Å². The number of aliphatic hydroxyl groups is 1. The van der Waals surface area contributed by atoms with Crippen molar-refractivity contribution in [1.29, 1.82) is 0 Å². The smallest absolute Gasteiger partial charge is 0.303 e. The maximum atomic E-state index is 12.8. The van der Waals surface area contributed by atoms with Gasteiger partial charge in [0.25, 0.3) is 0 Å². The van der Waals surface area contributed by atoms with Gasteiger partial charge in [0, 0.05) is 41.0 Å². The van der Waals surface area contributed by atoms with E-state index < -0.39 is 23.1 Å². The van der Waals surface area contributed by atoms with E-state index in [4.69, 9.17) is 16.3 Å². The highest BCUT2D eigenvalue weighted by Gasteiger charge is 2.72. The first-order chi connectivity index (χ1) is 14.0. The number of ketones is 2. The molecular weight excluding hydrogens is 404 g/mol. The van der Waals surface area contributed by atoms with Gasteiger partial charge in [0.15, 0.2) is 17.2 Å². The summed E-state index contributed by atoms with van der Waals surface area (Å²) in [4.78, 5) is 37.2. The highest BCUT2D eigenvalue weighted by atomic mass is 35.5. The van der Waals surface area contributed by atoms with Crippen molar-refractivity contribution in [3.8, 4) is 0 Å². The summed E-state index contributed by atoms with van der Waals surface area (Å²) < 4.78 is 5.73. The molecule has 0 aromatic rings. The Kier molecular flexibility index (Phi) is 4.14. The number of fused-ring (bicyclic) bond motifs is 7. The van der Waals surface area contributed by atoms with Crippen LogP contribution in [-0.4, -0.2) is 34.3 Å². The predicted octanol–water partition coefficient (Wildman–Crippen LogP) is 3.58. The summed E-state index contributed by atoms with van der Waals surface area (Å²) in [6.07, 6.45) is 5.54. The van der Waals surface area contributed by atoms with E-state index in [0.29, 0.717) is 17.4 Å². The summed E-state index contributed by atoms with van der Waals surface area (Å²) in [5.41, 5.74) is -1.22. The lowest BCUT2D eigenvalue weighted by Gasteiger charge is -2.58. The van der Waals surface area contributed by atoms with Crippen LogP contribution in [0.25, 0.3) is 0 Å². The number of esters is 1. The molecule has 0 saturated heterocycles. The Hall–Kier alpha value is -1.46. The highest BCUT2D eigenvalue weighted by Crippen LogP contribution is 2.72. The van der Waals surface area contributed by atoms with E-state index in [1.165, 1.54) is 13.8 Å². The molecule has 0 spiro atoms. The number of halogens is 1. The molecule has 0 heterocycles. The van der Waals surface area contributed by atoms with Gasteiger partial charge in [-0.1, -0.05) is 31.5 Å². The molecule has 0 aromatic carbocycles. The second kappa shape index (κ2) is 6.07. The lowest BCUT2D eigenvalue weighted by molar-refractivity contribution is -0.185. The number of rotatable bonds is 2. The van der Waals surface area contributed by atoms with Gasteiger partial charge in [-0.15, -0.1) is 0 Å². The molecule has 3 saturated carbocycles. The molecular formula is C24H29ClO5. The van der Waals surface area contributed by atoms with Gasteiger partial charge >= 0.3 is 5.97 Å². The third kappa shape index (κ3) is 2.26. The van der Waals surface area contributed by atoms with Gasteiger partial charge in [-0.25, -0.2) is 0 Å². The Balaban J connectivity index is 1.63. The van der Waals surface area contributed by atoms with E-state index in [0.717, 1.165) is 18.4 Å². The number of aliphatic hydroxyl groups excluding tert-OH is 1. The SMILES string of the molecule is CC(=O)OC1(C(C)=O)CC(O)C2C3C=C(Cl)C4=CC(=O)C5CC5C4(C)C3CCC21C. The van der Waals surface area contributed by atoms with Gasteiger partial charge in [-0.05, 0) is 55.6 Å². The van der Waals surface area contributed by atoms with Gasteiger partial charge in [0.1, 0.15) is 0 Å². The van der Waals surface area contributed by atoms with Crippen molar-refractivity contribution < 1.29 is 24.2 Å². The Morgan fingerprint density at radius 1 is 1.23 bits per heavy atom. The average Bonchev–Trinajstić information content (AvgIpc) is 3.41. The van der Waals surface area contributed by atoms with Crippen molar-refractivity contribution in [3.05, 3.63) is 22.8 Å². The average molecular weight is 433 g/mol. The van der Waals surface area contributed by atoms with Crippen molar-refractivity contribution in [2.75, 3.05) is 0 Å². The molecule has 6 heteroatoms. The summed E-state index contributed by atoms with van der Waals surface area (Å²) >= 11 is 6.76. The number of hydrogen-bond acceptors (Lipinski definition) is 5. The molecule has 5 aliphatic carbocycles. The molecule has 0 amide bonds. The van der Waals surface area contributed by atoms with Gasteiger partial charge in [0.2, 0.25) is 0 Å². The van der Waals surface area contributed by atoms with Crippen LogP contribution in [-0.2, 0) is 19.1 Å². The predicted molar refractivity (Wildman–Crippen MR) is 110 cm³/mol. The van der Waals surface area contributed by atoms with Crippen molar-refractivity contribution >= 4 is 29.1 Å². The standard InChI is InChI=1S/C24H29ClO5/c1-11(26)24(30-12(2)27)10-20(29)21-14-8-18(25)17-9-19(28)13-7-16(13)23(17,4)15(14)5-6-22(21,24)3/h8-9,13-16,20-21,29H,5-7,10H2,1-4H3. The third-order valence-corrected chi connectivity index (χ3v) is 9.80. The first-order valence-corrected chi connectivity index (χ1v) is 11.4. The quantitative estimate of drug-likeness (QED) is 0.674. The van der Waals surface area contributed by atoms with Crippen molar-refractivity contribution in [3.63, 3.8) is 0 Å². The molecule has 162 valence electrons. The van der Waals surface area contributed by atoms with Crippen LogP contribution in [0.2, 0.25) is 0 Å². The Bertz CT molecular complexity index is 936. The van der Waals surface area contributed by atoms with Gasteiger partial charge in [-0.3, -0.25) is 14.4 Å². The van der Waals surface area contributed by atoms with Crippen LogP contribution in [0.3, 0.4) is 0 Å². The summed E-state index contributed by atoms with van der Waals surface area (Å²) in [5.74, 6) is -0.145. The number of hydrogen-bond donors (Lipinski definition) is 1. The van der Waals surface area contributed by atoms with E-state index in [9.17, 15) is 19.5 Å². The number of allylic oxidation sites excluding steroid dienone is 4. The minimum atomic E-state index is -1.31. The van der Waals surface area contributed by atoms with Crippen LogP contribution in [0.15, 0.2) is 22.8 Å². The van der Waals surface area contributed by atoms with E-state index in [1.54, 1.807) is 6.08 Å². The second-order valence-electron chi connectivity index (χ2n) is 10.6. The normalized spacial score (nSPS) is 50.9. The molecule has 9 atom stereocenters. The zero-order valence-corrected chi connectivity index (χ0v) is 18.7. The summed E-state index contributed by atoms with van der Waals surface area (Å²) in [6, 6.07) is 0. The number of carbonyl (C=O) groups is 3. The molecule has 0 aliphatic heterocycles. The fourth-order valence-corrected chi connectivity index (χ4v) is 8.48. The lowest BCUT2D eigenvalue weighted by atomic mass is 9.47. The van der Waals surface area contributed by atoms with Gasteiger partial charge < -0.3 is 9.84 Å². The summed E-state index contributed by atoms with van der Waals surface area (Å²) in [5, 5.41) is 11.8. The Labute approximate surface area is 181 Å². The number of ether oxygens (including phenoxy) is 1. The second-order valence-corrected chi connectivity index (χ2v) is 11.0. The Morgan fingerprint density at radius 2 is 1.93 bits per heavy atom. The molecule has 3 fully saturated rings. The molecule has 1 N–H and O–H groups in total. The first-order valence-electron chi connectivity index (χ1n) is 11.0. The van der Waals surface area contributed by atoms with Crippen LogP contribution in [0.4, 0.5) is 0 Å². The Morgan fingerprint density at radius 3 is 2.57 bits per heavy atom. The monoisotopic (exact) mass is 432 g/mol. The maximum absolute atomic E-state index is 12.8. The molecule has 5 aliphatic rings. The van der Waals surface area contributed by atoms with Crippen LogP contribution < -0.4 is 0 Å². The molecule has 5 nitrogen and oxygen atoms in total. The van der Waals surface area contributed by atoms with Gasteiger partial charge in [-0.2, -0.15) is 0 Å². The maximum Gasteiger partial charge on any atom is 0.303 e. The zero-order chi connectivity index (χ0) is 21.8. The molecule has 9 unspecified atom stereocenters. The minimum absolute atomic E-state index is 0.0281. The summed E-state index contributed by atoms with van der Waals surface area (Å²) in [6.45, 7) is 7.01. The minimum Gasteiger partial charge on any atom is -0.451 e. The van der Waals surface area contributed by atoms with Crippen molar-refractivity contribution in [2.24, 2.45) is 40.4 Å². The molecule has 0 bridgehead atoms. The number of Topliss-reactive ketones (excluding diaryl/α,β-unsaturated/α-hetero) is 1. The molecule has 0 radical (unpaired) electrons. The van der Waals surface area contributed by atoms with E-state index in [-0.39, 0.29) is 47.1 Å². The topological polar surface area (TPSA) is 80.7 Å². The van der Waals surface area contributed by atoms with Crippen molar-refractivity contribution in [2.45, 2.75) is 65.1 Å². The summed E-state index contributed by atoms with van der Waals surface area (Å²) in [7, 11) is 0. The zero-order valence-electron chi connectivity index (χ0n) is 17.9. The highest BCUT2D eigenvalue weighted by molar-refractivity contribution is 6.32. The van der Waals surface area contributed by atoms with E-state index >= 15 is 0 Å². The van der Waals surface area contributed by atoms with E-state index in [2.05, 4.69) is 6.92 Å². The fraction of sp³-hybridized carbons (Fsp3) is 0.708. The van der Waals surface area contributed by atoms with E-state index in [1.807, 2.05) is 13.0 Å². The molecule has 30 heavy (non-hydrogen) atoms. The molecule has 0 aromatic heterocycles. The largest absolute Gasteiger partial charge is 0.451 e. The lowest BCUT2D eigenvalue weighted by Crippen LogP contribution is -2.58. The fourth-order valence-electron chi connectivity index (χ4n) is 8.07. The van der Waals surface area contributed by atoms with Crippen LogP contribution >= 0.6 is 11.6 Å². The molecule has 5 rings (SSSR count). The number of carbonyl (C=O) groups excluding carboxylic acids is 3. The van der Waals surface area contributed by atoms with Gasteiger partial charge in [0.05, 0.1) is 6.10 Å². The third-order valence-electron chi connectivity index (χ3n) is 9.47. The van der Waals surface area contributed by atoms with Crippen LogP contribution in [0.1, 0.15) is 53.4 Å². The van der Waals surface area contributed by atoms with Crippen molar-refractivity contribution in [1.82, 2.24) is 0 Å².